The van der Waals surface area contributed by atoms with E-state index in [0.717, 1.165) is 35.0 Å². The minimum atomic E-state index is -0.157. The Bertz CT molecular complexity index is 1270. The average molecular weight is 575 g/mol. The maximum absolute atomic E-state index is 14.1. The topological polar surface area (TPSA) is 51.2 Å². The molecule has 0 heterocycles. The zero-order chi connectivity index (χ0) is 32.4. The van der Waals surface area contributed by atoms with Crippen LogP contribution in [0.3, 0.4) is 0 Å². The van der Waals surface area contributed by atoms with E-state index in [1.54, 1.807) is 13.0 Å². The van der Waals surface area contributed by atoms with Crippen molar-refractivity contribution >= 4 is 23.4 Å². The molecular weight excluding hydrogens is 516 g/mol. The lowest BCUT2D eigenvalue weighted by atomic mass is 9.62. The summed E-state index contributed by atoms with van der Waals surface area (Å²) in [6, 6.07) is 3.65. The molecule has 1 fully saturated rings. The van der Waals surface area contributed by atoms with Crippen molar-refractivity contribution in [1.82, 2.24) is 0 Å². The molecule has 0 bridgehead atoms. The normalized spacial score (nSPS) is 25.6. The van der Waals surface area contributed by atoms with Crippen LogP contribution >= 0.6 is 0 Å². The highest BCUT2D eigenvalue weighted by atomic mass is 16.1. The van der Waals surface area contributed by atoms with E-state index in [2.05, 4.69) is 68.9 Å². The monoisotopic (exact) mass is 574 g/mol. The van der Waals surface area contributed by atoms with Gasteiger partial charge in [0.2, 0.25) is 0 Å². The number of rotatable bonds is 12. The molecule has 0 N–H and O–H groups in total. The molecule has 1 aromatic carbocycles. The van der Waals surface area contributed by atoms with Crippen molar-refractivity contribution in [2.45, 2.75) is 116 Å². The maximum Gasteiger partial charge on any atom is 0.166 e. The summed E-state index contributed by atoms with van der Waals surface area (Å²) in [6.07, 6.45) is 8.21. The highest BCUT2D eigenvalue weighted by Crippen LogP contribution is 2.63. The molecule has 0 amide bonds. The predicted molar refractivity (Wildman–Crippen MR) is 179 cm³/mol. The van der Waals surface area contributed by atoms with E-state index < -0.39 is 0 Å². The van der Waals surface area contributed by atoms with Crippen LogP contribution in [0.4, 0.5) is 0 Å². The van der Waals surface area contributed by atoms with Gasteiger partial charge in [-0.1, -0.05) is 106 Å². The molecule has 1 aromatic rings. The van der Waals surface area contributed by atoms with Crippen LogP contribution in [0.2, 0.25) is 0 Å². The number of hydrogen-bond acceptors (Lipinski definition) is 3. The first-order chi connectivity index (χ1) is 19.2. The molecule has 1 saturated carbocycles. The van der Waals surface area contributed by atoms with E-state index in [9.17, 15) is 14.4 Å². The van der Waals surface area contributed by atoms with Crippen LogP contribution in [0.25, 0.3) is 5.57 Å². The summed E-state index contributed by atoms with van der Waals surface area (Å²) in [5.41, 5.74) is 5.73. The molecule has 3 heteroatoms. The van der Waals surface area contributed by atoms with Gasteiger partial charge in [-0.3, -0.25) is 14.4 Å². The Hall–Kier alpha value is -2.55. The van der Waals surface area contributed by atoms with Crippen molar-refractivity contribution in [2.24, 2.45) is 39.9 Å². The lowest BCUT2D eigenvalue weighted by Gasteiger charge is -2.42. The molecule has 2 rings (SSSR count). The summed E-state index contributed by atoms with van der Waals surface area (Å²) >= 11 is 0. The van der Waals surface area contributed by atoms with Gasteiger partial charge in [0.15, 0.2) is 11.6 Å². The van der Waals surface area contributed by atoms with E-state index in [4.69, 9.17) is 0 Å². The van der Waals surface area contributed by atoms with Crippen LogP contribution in [0.5, 0.6) is 0 Å². The Kier molecular flexibility index (Phi) is 11.4. The van der Waals surface area contributed by atoms with E-state index in [0.29, 0.717) is 40.4 Å². The molecule has 232 valence electrons. The summed E-state index contributed by atoms with van der Waals surface area (Å²) in [5.74, 6) is 1.32. The van der Waals surface area contributed by atoms with E-state index in [1.807, 2.05) is 39.0 Å². The van der Waals surface area contributed by atoms with Crippen molar-refractivity contribution in [3.05, 3.63) is 64.3 Å². The lowest BCUT2D eigenvalue weighted by Crippen LogP contribution is -2.34. The number of aldehydes is 1. The fourth-order valence-electron chi connectivity index (χ4n) is 7.20. The summed E-state index contributed by atoms with van der Waals surface area (Å²) in [5, 5.41) is 0. The molecule has 0 saturated heterocycles. The molecule has 0 aromatic heterocycles. The third kappa shape index (κ3) is 7.14. The summed E-state index contributed by atoms with van der Waals surface area (Å²) in [7, 11) is 0. The summed E-state index contributed by atoms with van der Waals surface area (Å²) in [4.78, 5) is 38.4. The largest absolute Gasteiger partial charge is 0.298 e. The fourth-order valence-corrected chi connectivity index (χ4v) is 7.20. The van der Waals surface area contributed by atoms with Gasteiger partial charge >= 0.3 is 0 Å². The van der Waals surface area contributed by atoms with E-state index in [1.165, 1.54) is 12.8 Å². The summed E-state index contributed by atoms with van der Waals surface area (Å²) in [6.45, 7) is 32.8. The van der Waals surface area contributed by atoms with Gasteiger partial charge in [-0.25, -0.2) is 0 Å². The summed E-state index contributed by atoms with van der Waals surface area (Å²) < 4.78 is 0. The zero-order valence-corrected chi connectivity index (χ0v) is 29.0. The van der Waals surface area contributed by atoms with Crippen LogP contribution in [-0.4, -0.2) is 17.9 Å². The smallest absolute Gasteiger partial charge is 0.166 e. The van der Waals surface area contributed by atoms with Crippen LogP contribution < -0.4 is 0 Å². The number of allylic oxidation sites excluding steroid dienone is 5. The number of carbonyl (C=O) groups excluding carboxylic acids is 3. The van der Waals surface area contributed by atoms with E-state index in [-0.39, 0.29) is 34.2 Å². The molecule has 0 radical (unpaired) electrons. The standard InChI is InChI=1S/C39H58O3/c1-15-34(41)33-19-18-32(30(9)35(33)31(24(2)3)17-16-25(4)22-40)36(42)29(8)26(5)20-27(6)39(14)23-38(13,21-28(39)7)37(10,11)12/h16-19,22,26-29H,2,15,20-21,23H2,1,3-14H3/b25-16+,31-17-. The van der Waals surface area contributed by atoms with Gasteiger partial charge in [0.25, 0.3) is 0 Å². The molecule has 0 spiro atoms. The Morgan fingerprint density at radius 2 is 1.64 bits per heavy atom. The minimum Gasteiger partial charge on any atom is -0.298 e. The van der Waals surface area contributed by atoms with Crippen LogP contribution in [0.1, 0.15) is 141 Å². The second-order valence-corrected chi connectivity index (χ2v) is 15.2. The van der Waals surface area contributed by atoms with Gasteiger partial charge in [-0.05, 0) is 96.3 Å². The Labute approximate surface area is 257 Å². The highest BCUT2D eigenvalue weighted by Gasteiger charge is 2.54. The predicted octanol–water partition coefficient (Wildman–Crippen LogP) is 10.7. The van der Waals surface area contributed by atoms with Crippen molar-refractivity contribution in [3.8, 4) is 0 Å². The Morgan fingerprint density at radius 3 is 2.12 bits per heavy atom. The lowest BCUT2D eigenvalue weighted by molar-refractivity contribution is -0.104. The van der Waals surface area contributed by atoms with Crippen molar-refractivity contribution < 1.29 is 14.4 Å². The van der Waals surface area contributed by atoms with Gasteiger partial charge in [0.05, 0.1) is 0 Å². The number of carbonyl (C=O) groups is 3. The van der Waals surface area contributed by atoms with Crippen molar-refractivity contribution in [1.29, 1.82) is 0 Å². The molecule has 3 nitrogen and oxygen atoms in total. The van der Waals surface area contributed by atoms with Gasteiger partial charge in [-0.2, -0.15) is 0 Å². The molecule has 0 aliphatic heterocycles. The van der Waals surface area contributed by atoms with Gasteiger partial charge in [-0.15, -0.1) is 0 Å². The molecule has 6 unspecified atom stereocenters. The number of hydrogen-bond donors (Lipinski definition) is 0. The third-order valence-corrected chi connectivity index (χ3v) is 11.4. The first-order valence-corrected chi connectivity index (χ1v) is 16.0. The Balaban J connectivity index is 2.47. The fraction of sp³-hybridized carbons (Fsp3) is 0.615. The second kappa shape index (κ2) is 13.4. The van der Waals surface area contributed by atoms with E-state index >= 15 is 0 Å². The first kappa shape index (κ1) is 35.6. The highest BCUT2D eigenvalue weighted by molar-refractivity contribution is 6.07. The van der Waals surface area contributed by atoms with Crippen molar-refractivity contribution in [3.63, 3.8) is 0 Å². The minimum absolute atomic E-state index is 0.0202. The molecule has 1 aliphatic rings. The SMILES string of the molecule is C=C(C)/C(=C/C=C(\C)C=O)c1c(C(=O)CC)ccc(C(=O)C(C)C(C)CC(C)C2(C)CC(C)(C(C)(C)C)CC2C)c1C. The third-order valence-electron chi connectivity index (χ3n) is 11.4. The molecule has 42 heavy (non-hydrogen) atoms. The zero-order valence-electron chi connectivity index (χ0n) is 29.0. The van der Waals surface area contributed by atoms with Gasteiger partial charge in [0, 0.05) is 23.5 Å². The average Bonchev–Trinajstić information content (AvgIpc) is 3.17. The maximum atomic E-state index is 14.1. The van der Waals surface area contributed by atoms with Gasteiger partial charge in [0.1, 0.15) is 6.29 Å². The number of Topliss-reactive ketones (excluding diaryl/α,β-unsaturated/α-hetero) is 2. The van der Waals surface area contributed by atoms with Crippen LogP contribution in [0.15, 0.2) is 42.0 Å². The Morgan fingerprint density at radius 1 is 1.07 bits per heavy atom. The number of benzene rings is 1. The van der Waals surface area contributed by atoms with Crippen molar-refractivity contribution in [2.75, 3.05) is 0 Å². The second-order valence-electron chi connectivity index (χ2n) is 15.2. The van der Waals surface area contributed by atoms with Crippen LogP contribution in [0, 0.1) is 46.8 Å². The molecule has 1 aliphatic carbocycles. The molecular formula is C39H58O3. The molecule has 6 atom stereocenters. The number of ketones is 2. The van der Waals surface area contributed by atoms with Crippen LogP contribution in [-0.2, 0) is 4.79 Å². The quantitative estimate of drug-likeness (QED) is 0.108. The van der Waals surface area contributed by atoms with Gasteiger partial charge < -0.3 is 0 Å². The first-order valence-electron chi connectivity index (χ1n) is 16.0.